The van der Waals surface area contributed by atoms with Gasteiger partial charge in [0.15, 0.2) is 6.61 Å². The largest absolute Gasteiger partial charge is 0.483 e. The Hall–Kier alpha value is -2.32. The fourth-order valence-electron chi connectivity index (χ4n) is 3.72. The van der Waals surface area contributed by atoms with Crippen molar-refractivity contribution in [3.63, 3.8) is 0 Å². The second-order valence-corrected chi connectivity index (χ2v) is 9.77. The molecule has 1 aliphatic carbocycles. The normalized spacial score (nSPS) is 16.2. The Kier molecular flexibility index (Phi) is 5.81. The summed E-state index contributed by atoms with van der Waals surface area (Å²) in [5, 5.41) is 13.2. The second-order valence-electron chi connectivity index (χ2n) is 8.66. The lowest BCUT2D eigenvalue weighted by Crippen LogP contribution is -2.26. The van der Waals surface area contributed by atoms with E-state index in [9.17, 15) is 10.1 Å². The van der Waals surface area contributed by atoms with Crippen molar-refractivity contribution in [1.82, 2.24) is 0 Å². The Morgan fingerprint density at radius 2 is 2.11 bits per heavy atom. The van der Waals surface area contributed by atoms with Gasteiger partial charge in [0.2, 0.25) is 0 Å². The van der Waals surface area contributed by atoms with E-state index < -0.39 is 0 Å². The Bertz CT molecular complexity index is 931. The highest BCUT2D eigenvalue weighted by molar-refractivity contribution is 7.16. The number of thiophene rings is 1. The molecule has 4 nitrogen and oxygen atoms in total. The predicted molar refractivity (Wildman–Crippen MR) is 114 cm³/mol. The third-order valence-electron chi connectivity index (χ3n) is 5.77. The standard InChI is InChI=1S/C23H28N2O2S/c1-14-7-6-8-19(15(14)2)27-13-21(26)25-22-18(12-24)17-10-9-16(23(3,4)5)11-20(17)28-22/h6-8,16H,9-11,13H2,1-5H3,(H,25,26)/t16-/m0/s1. The number of nitriles is 1. The quantitative estimate of drug-likeness (QED) is 0.752. The van der Waals surface area contributed by atoms with Crippen LogP contribution in [0.5, 0.6) is 5.75 Å². The molecule has 1 aliphatic rings. The van der Waals surface area contributed by atoms with Crippen LogP contribution in [0.1, 0.15) is 54.3 Å². The van der Waals surface area contributed by atoms with E-state index in [-0.39, 0.29) is 17.9 Å². The number of aryl methyl sites for hydroxylation is 1. The molecule has 1 heterocycles. The van der Waals surface area contributed by atoms with Gasteiger partial charge in [0, 0.05) is 4.88 Å². The summed E-state index contributed by atoms with van der Waals surface area (Å²) < 4.78 is 5.70. The SMILES string of the molecule is Cc1cccc(OCC(=O)Nc2sc3c(c2C#N)CC[C@H](C(C)(C)C)C3)c1C. The van der Waals surface area contributed by atoms with E-state index in [4.69, 9.17) is 4.74 Å². The van der Waals surface area contributed by atoms with Crippen LogP contribution in [0.25, 0.3) is 0 Å². The molecule has 0 saturated carbocycles. The summed E-state index contributed by atoms with van der Waals surface area (Å²) in [6.07, 6.45) is 2.98. The van der Waals surface area contributed by atoms with Crippen molar-refractivity contribution in [1.29, 1.82) is 5.26 Å². The average Bonchev–Trinajstić information content (AvgIpc) is 2.98. The number of hydrogen-bond donors (Lipinski definition) is 1. The Morgan fingerprint density at radius 1 is 1.36 bits per heavy atom. The Balaban J connectivity index is 1.71. The van der Waals surface area contributed by atoms with Gasteiger partial charge >= 0.3 is 0 Å². The average molecular weight is 397 g/mol. The monoisotopic (exact) mass is 396 g/mol. The maximum atomic E-state index is 12.4. The van der Waals surface area contributed by atoms with Crippen LogP contribution in [-0.2, 0) is 17.6 Å². The summed E-state index contributed by atoms with van der Waals surface area (Å²) >= 11 is 1.55. The lowest BCUT2D eigenvalue weighted by Gasteiger charge is -2.33. The summed E-state index contributed by atoms with van der Waals surface area (Å²) in [6, 6.07) is 8.11. The van der Waals surface area contributed by atoms with E-state index in [0.29, 0.717) is 22.2 Å². The van der Waals surface area contributed by atoms with E-state index in [2.05, 4.69) is 32.2 Å². The molecule has 3 rings (SSSR count). The molecule has 1 N–H and O–H groups in total. The van der Waals surface area contributed by atoms with Crippen molar-refractivity contribution in [2.45, 2.75) is 53.9 Å². The van der Waals surface area contributed by atoms with Gasteiger partial charge in [-0.25, -0.2) is 0 Å². The van der Waals surface area contributed by atoms with Gasteiger partial charge in [0.1, 0.15) is 16.8 Å². The minimum atomic E-state index is -0.233. The van der Waals surface area contributed by atoms with Crippen LogP contribution < -0.4 is 10.1 Å². The van der Waals surface area contributed by atoms with Crippen molar-refractivity contribution in [3.05, 3.63) is 45.3 Å². The molecule has 1 atom stereocenters. The molecule has 0 radical (unpaired) electrons. The molecule has 1 aromatic carbocycles. The first-order chi connectivity index (χ1) is 13.2. The maximum Gasteiger partial charge on any atom is 0.262 e. The number of carbonyl (C=O) groups is 1. The molecule has 2 aromatic rings. The second kappa shape index (κ2) is 7.97. The van der Waals surface area contributed by atoms with Crippen LogP contribution >= 0.6 is 11.3 Å². The predicted octanol–water partition coefficient (Wildman–Crippen LogP) is 5.41. The maximum absolute atomic E-state index is 12.4. The van der Waals surface area contributed by atoms with Crippen LogP contribution in [0.15, 0.2) is 18.2 Å². The highest BCUT2D eigenvalue weighted by Gasteiger charge is 2.32. The summed E-state index contributed by atoms with van der Waals surface area (Å²) in [6.45, 7) is 10.7. The van der Waals surface area contributed by atoms with Crippen LogP contribution in [0, 0.1) is 36.5 Å². The third kappa shape index (κ3) is 4.23. The molecular formula is C23H28N2O2S. The highest BCUT2D eigenvalue weighted by atomic mass is 32.1. The zero-order chi connectivity index (χ0) is 20.5. The number of anilines is 1. The van der Waals surface area contributed by atoms with Crippen molar-refractivity contribution < 1.29 is 9.53 Å². The Labute approximate surface area is 171 Å². The molecule has 1 aromatic heterocycles. The van der Waals surface area contributed by atoms with Crippen LogP contribution in [0.4, 0.5) is 5.00 Å². The van der Waals surface area contributed by atoms with Gasteiger partial charge in [0.25, 0.3) is 5.91 Å². The molecule has 0 aliphatic heterocycles. The first-order valence-electron chi connectivity index (χ1n) is 9.74. The summed E-state index contributed by atoms with van der Waals surface area (Å²) in [7, 11) is 0. The van der Waals surface area contributed by atoms with Crippen LogP contribution in [0.3, 0.4) is 0 Å². The summed E-state index contributed by atoms with van der Waals surface area (Å²) in [5.74, 6) is 1.08. The first-order valence-corrected chi connectivity index (χ1v) is 10.6. The van der Waals surface area contributed by atoms with Gasteiger partial charge in [-0.15, -0.1) is 11.3 Å². The number of fused-ring (bicyclic) bond motifs is 1. The number of nitrogens with zero attached hydrogens (tertiary/aromatic N) is 1. The van der Waals surface area contributed by atoms with Gasteiger partial charge in [-0.1, -0.05) is 32.9 Å². The summed E-state index contributed by atoms with van der Waals surface area (Å²) in [5.41, 5.74) is 4.17. The zero-order valence-corrected chi connectivity index (χ0v) is 18.1. The van der Waals surface area contributed by atoms with Gasteiger partial charge in [-0.3, -0.25) is 4.79 Å². The number of nitrogens with one attached hydrogen (secondary N) is 1. The molecule has 28 heavy (non-hydrogen) atoms. The minimum Gasteiger partial charge on any atom is -0.483 e. The topological polar surface area (TPSA) is 62.1 Å². The molecule has 0 saturated heterocycles. The lowest BCUT2D eigenvalue weighted by molar-refractivity contribution is -0.118. The van der Waals surface area contributed by atoms with Crippen molar-refractivity contribution in [3.8, 4) is 11.8 Å². The number of carbonyl (C=O) groups excluding carboxylic acids is 1. The smallest absolute Gasteiger partial charge is 0.262 e. The molecule has 0 unspecified atom stereocenters. The number of benzene rings is 1. The fourth-order valence-corrected chi connectivity index (χ4v) is 5.01. The molecule has 1 amide bonds. The highest BCUT2D eigenvalue weighted by Crippen LogP contribution is 2.43. The molecule has 0 spiro atoms. The zero-order valence-electron chi connectivity index (χ0n) is 17.3. The van der Waals surface area contributed by atoms with E-state index in [1.54, 1.807) is 11.3 Å². The fraction of sp³-hybridized carbons (Fsp3) is 0.478. The summed E-state index contributed by atoms with van der Waals surface area (Å²) in [4.78, 5) is 13.7. The number of hydrogen-bond acceptors (Lipinski definition) is 4. The molecule has 0 bridgehead atoms. The lowest BCUT2D eigenvalue weighted by atomic mass is 9.72. The number of amides is 1. The van der Waals surface area contributed by atoms with Crippen LogP contribution in [0.2, 0.25) is 0 Å². The van der Waals surface area contributed by atoms with E-state index in [1.807, 2.05) is 32.0 Å². The van der Waals surface area contributed by atoms with Gasteiger partial charge in [0.05, 0.1) is 5.56 Å². The van der Waals surface area contributed by atoms with E-state index >= 15 is 0 Å². The molecular weight excluding hydrogens is 368 g/mol. The van der Waals surface area contributed by atoms with Gasteiger partial charge < -0.3 is 10.1 Å². The van der Waals surface area contributed by atoms with E-state index in [1.165, 1.54) is 4.88 Å². The number of rotatable bonds is 4. The van der Waals surface area contributed by atoms with E-state index in [0.717, 1.165) is 36.0 Å². The Morgan fingerprint density at radius 3 is 2.79 bits per heavy atom. The molecule has 0 fully saturated rings. The molecule has 5 heteroatoms. The minimum absolute atomic E-state index is 0.0671. The molecule has 148 valence electrons. The number of ether oxygens (including phenoxy) is 1. The van der Waals surface area contributed by atoms with Crippen molar-refractivity contribution in [2.24, 2.45) is 11.3 Å². The van der Waals surface area contributed by atoms with Gasteiger partial charge in [-0.05, 0) is 67.2 Å². The first kappa shape index (κ1) is 20.4. The van der Waals surface area contributed by atoms with Crippen LogP contribution in [-0.4, -0.2) is 12.5 Å². The van der Waals surface area contributed by atoms with Crippen molar-refractivity contribution in [2.75, 3.05) is 11.9 Å². The third-order valence-corrected chi connectivity index (χ3v) is 6.94. The van der Waals surface area contributed by atoms with Gasteiger partial charge in [-0.2, -0.15) is 5.26 Å². The van der Waals surface area contributed by atoms with Crippen molar-refractivity contribution >= 4 is 22.2 Å².